The molecule has 2 aromatic rings. The molecule has 1 aromatic carbocycles. The topological polar surface area (TPSA) is 54.0 Å². The fourth-order valence-corrected chi connectivity index (χ4v) is 2.29. The van der Waals surface area contributed by atoms with Crippen molar-refractivity contribution in [3.05, 3.63) is 59.9 Å². The van der Waals surface area contributed by atoms with E-state index in [0.717, 1.165) is 37.9 Å². The van der Waals surface area contributed by atoms with Crippen LogP contribution in [0.5, 0.6) is 0 Å². The highest BCUT2D eigenvalue weighted by Gasteiger charge is 2.24. The van der Waals surface area contributed by atoms with E-state index >= 15 is 0 Å². The summed E-state index contributed by atoms with van der Waals surface area (Å²) in [7, 11) is 0. The first kappa shape index (κ1) is 14.6. The second-order valence-electron chi connectivity index (χ2n) is 5.70. The minimum atomic E-state index is -0.0712. The maximum Gasteiger partial charge on any atom is 0.270 e. The van der Waals surface area contributed by atoms with Gasteiger partial charge in [0.25, 0.3) is 5.91 Å². The predicted octanol–water partition coefficient (Wildman–Crippen LogP) is 3.02. The van der Waals surface area contributed by atoms with Crippen molar-refractivity contribution < 1.29 is 4.79 Å². The monoisotopic (exact) mass is 295 g/mol. The largest absolute Gasteiger partial charge is 0.384 e. The Morgan fingerprint density at radius 2 is 1.95 bits per heavy atom. The number of benzene rings is 1. The third kappa shape index (κ3) is 4.32. The molecule has 1 saturated carbocycles. The fraction of sp³-hybridized carbons (Fsp3) is 0.333. The molecule has 0 bridgehead atoms. The Morgan fingerprint density at radius 3 is 2.64 bits per heavy atom. The van der Waals surface area contributed by atoms with Crippen molar-refractivity contribution in [2.24, 2.45) is 0 Å². The number of nitrogens with zero attached hydrogens (tertiary/aromatic N) is 1. The third-order valence-corrected chi connectivity index (χ3v) is 3.72. The second-order valence-corrected chi connectivity index (χ2v) is 5.70. The minimum Gasteiger partial charge on any atom is -0.384 e. The van der Waals surface area contributed by atoms with Crippen LogP contribution < -0.4 is 10.6 Å². The molecule has 0 atom stereocenters. The van der Waals surface area contributed by atoms with E-state index in [9.17, 15) is 4.79 Å². The molecule has 1 fully saturated rings. The molecule has 4 nitrogen and oxygen atoms in total. The van der Waals surface area contributed by atoms with Gasteiger partial charge < -0.3 is 10.6 Å². The smallest absolute Gasteiger partial charge is 0.270 e. The Balaban J connectivity index is 1.41. The van der Waals surface area contributed by atoms with E-state index in [-0.39, 0.29) is 5.91 Å². The maximum atomic E-state index is 11.8. The van der Waals surface area contributed by atoms with Crippen LogP contribution in [0.15, 0.2) is 48.7 Å². The Bertz CT molecular complexity index is 606. The molecule has 1 aliphatic carbocycles. The summed E-state index contributed by atoms with van der Waals surface area (Å²) in [5.41, 5.74) is 2.80. The Morgan fingerprint density at radius 1 is 1.14 bits per heavy atom. The summed E-state index contributed by atoms with van der Waals surface area (Å²) in [6.45, 7) is 0.893. The lowest BCUT2D eigenvalue weighted by Crippen LogP contribution is -2.26. The number of pyridine rings is 1. The molecular weight excluding hydrogens is 274 g/mol. The fourth-order valence-electron chi connectivity index (χ4n) is 2.29. The van der Waals surface area contributed by atoms with Crippen molar-refractivity contribution in [3.8, 4) is 0 Å². The standard InChI is InChI=1S/C18H21N3O/c22-18(21-15-8-9-15)17-11-10-16(13-20-17)19-12-4-7-14-5-2-1-3-6-14/h1-3,5-6,10-11,13,15,19H,4,7-9,12H2,(H,21,22). The lowest BCUT2D eigenvalue weighted by Gasteiger charge is -2.07. The van der Waals surface area contributed by atoms with E-state index in [2.05, 4.69) is 39.9 Å². The van der Waals surface area contributed by atoms with Crippen molar-refractivity contribution in [1.29, 1.82) is 0 Å². The number of rotatable bonds is 7. The SMILES string of the molecule is O=C(NC1CC1)c1ccc(NCCCc2ccccc2)cn1. The van der Waals surface area contributed by atoms with Crippen molar-refractivity contribution in [1.82, 2.24) is 10.3 Å². The van der Waals surface area contributed by atoms with Crippen LogP contribution in [0.1, 0.15) is 35.3 Å². The van der Waals surface area contributed by atoms with Gasteiger partial charge in [0.1, 0.15) is 5.69 Å². The van der Waals surface area contributed by atoms with Crippen LogP contribution in [0.25, 0.3) is 0 Å². The molecule has 3 rings (SSSR count). The van der Waals surface area contributed by atoms with Crippen LogP contribution in [-0.4, -0.2) is 23.5 Å². The van der Waals surface area contributed by atoms with Gasteiger partial charge in [-0.2, -0.15) is 0 Å². The zero-order chi connectivity index (χ0) is 15.2. The zero-order valence-electron chi connectivity index (χ0n) is 12.6. The Kier molecular flexibility index (Phi) is 4.68. The molecule has 0 unspecified atom stereocenters. The molecule has 1 aliphatic rings. The summed E-state index contributed by atoms with van der Waals surface area (Å²) in [4.78, 5) is 16.1. The molecule has 4 heteroatoms. The van der Waals surface area contributed by atoms with Gasteiger partial charge in [-0.3, -0.25) is 4.79 Å². The number of hydrogen-bond acceptors (Lipinski definition) is 3. The molecule has 0 aliphatic heterocycles. The van der Waals surface area contributed by atoms with Gasteiger partial charge in [0.05, 0.1) is 11.9 Å². The number of hydrogen-bond donors (Lipinski definition) is 2. The summed E-state index contributed by atoms with van der Waals surface area (Å²) < 4.78 is 0. The highest BCUT2D eigenvalue weighted by Crippen LogP contribution is 2.19. The molecule has 2 N–H and O–H groups in total. The van der Waals surface area contributed by atoms with Gasteiger partial charge in [0.15, 0.2) is 0 Å². The van der Waals surface area contributed by atoms with Gasteiger partial charge >= 0.3 is 0 Å². The average molecular weight is 295 g/mol. The molecule has 114 valence electrons. The maximum absolute atomic E-state index is 11.8. The van der Waals surface area contributed by atoms with Crippen molar-refractivity contribution >= 4 is 11.6 Å². The number of aryl methyl sites for hydroxylation is 1. The number of anilines is 1. The number of amides is 1. The van der Waals surface area contributed by atoms with Crippen molar-refractivity contribution in [3.63, 3.8) is 0 Å². The molecule has 1 aromatic heterocycles. The Hall–Kier alpha value is -2.36. The van der Waals surface area contributed by atoms with Gasteiger partial charge in [0, 0.05) is 12.6 Å². The summed E-state index contributed by atoms with van der Waals surface area (Å²) in [6.07, 6.45) is 6.03. The lowest BCUT2D eigenvalue weighted by molar-refractivity contribution is 0.0946. The van der Waals surface area contributed by atoms with Gasteiger partial charge in [0.2, 0.25) is 0 Å². The third-order valence-electron chi connectivity index (χ3n) is 3.72. The molecule has 0 saturated heterocycles. The number of nitrogens with one attached hydrogen (secondary N) is 2. The van der Waals surface area contributed by atoms with E-state index in [1.54, 1.807) is 12.3 Å². The summed E-state index contributed by atoms with van der Waals surface area (Å²) >= 11 is 0. The van der Waals surface area contributed by atoms with E-state index < -0.39 is 0 Å². The van der Waals surface area contributed by atoms with E-state index in [1.807, 2.05) is 12.1 Å². The van der Waals surface area contributed by atoms with Gasteiger partial charge in [-0.15, -0.1) is 0 Å². The lowest BCUT2D eigenvalue weighted by atomic mass is 10.1. The summed E-state index contributed by atoms with van der Waals surface area (Å²) in [5.74, 6) is -0.0712. The van der Waals surface area contributed by atoms with E-state index in [0.29, 0.717) is 11.7 Å². The normalized spacial score (nSPS) is 13.6. The average Bonchev–Trinajstić information content (AvgIpc) is 3.37. The molecule has 1 heterocycles. The number of carbonyl (C=O) groups is 1. The van der Waals surface area contributed by atoms with Gasteiger partial charge in [-0.1, -0.05) is 30.3 Å². The molecular formula is C18H21N3O. The van der Waals surface area contributed by atoms with E-state index in [1.165, 1.54) is 5.56 Å². The summed E-state index contributed by atoms with van der Waals surface area (Å²) in [6, 6.07) is 14.5. The van der Waals surface area contributed by atoms with Gasteiger partial charge in [-0.05, 0) is 43.4 Å². The number of aromatic nitrogens is 1. The van der Waals surface area contributed by atoms with Crippen molar-refractivity contribution in [2.75, 3.05) is 11.9 Å². The first-order valence-electron chi connectivity index (χ1n) is 7.86. The minimum absolute atomic E-state index is 0.0712. The van der Waals surface area contributed by atoms with Crippen molar-refractivity contribution in [2.45, 2.75) is 31.7 Å². The Labute approximate surface area is 131 Å². The first-order valence-corrected chi connectivity index (χ1v) is 7.86. The van der Waals surface area contributed by atoms with Crippen LogP contribution in [-0.2, 0) is 6.42 Å². The zero-order valence-corrected chi connectivity index (χ0v) is 12.6. The molecule has 1 amide bonds. The highest BCUT2D eigenvalue weighted by molar-refractivity contribution is 5.92. The second kappa shape index (κ2) is 7.07. The van der Waals surface area contributed by atoms with Crippen LogP contribution >= 0.6 is 0 Å². The quantitative estimate of drug-likeness (QED) is 0.772. The predicted molar refractivity (Wildman–Crippen MR) is 88.0 cm³/mol. The molecule has 0 spiro atoms. The van der Waals surface area contributed by atoms with Crippen LogP contribution in [0.3, 0.4) is 0 Å². The number of carbonyl (C=O) groups excluding carboxylic acids is 1. The van der Waals surface area contributed by atoms with Crippen LogP contribution in [0.2, 0.25) is 0 Å². The van der Waals surface area contributed by atoms with Crippen LogP contribution in [0, 0.1) is 0 Å². The first-order chi connectivity index (χ1) is 10.8. The van der Waals surface area contributed by atoms with Crippen LogP contribution in [0.4, 0.5) is 5.69 Å². The summed E-state index contributed by atoms with van der Waals surface area (Å²) in [5, 5.41) is 6.28. The molecule has 22 heavy (non-hydrogen) atoms. The van der Waals surface area contributed by atoms with Gasteiger partial charge in [-0.25, -0.2) is 4.98 Å². The molecule has 0 radical (unpaired) electrons. The highest BCUT2D eigenvalue weighted by atomic mass is 16.2. The van der Waals surface area contributed by atoms with E-state index in [4.69, 9.17) is 0 Å².